The highest BCUT2D eigenvalue weighted by molar-refractivity contribution is 6.31. The van der Waals surface area contributed by atoms with E-state index in [1.807, 2.05) is 12.1 Å². The minimum absolute atomic E-state index is 0.0534. The second-order valence-corrected chi connectivity index (χ2v) is 9.80. The first-order valence-corrected chi connectivity index (χ1v) is 12.3. The molecule has 1 amide bonds. The zero-order valence-electron chi connectivity index (χ0n) is 18.8. The van der Waals surface area contributed by atoms with Crippen molar-refractivity contribution in [2.75, 3.05) is 11.9 Å². The van der Waals surface area contributed by atoms with Gasteiger partial charge < -0.3 is 15.2 Å². The number of halogens is 2. The highest BCUT2D eigenvalue weighted by atomic mass is 35.5. The van der Waals surface area contributed by atoms with E-state index < -0.39 is 6.10 Å². The zero-order chi connectivity index (χ0) is 23.4. The Labute approximate surface area is 205 Å². The van der Waals surface area contributed by atoms with Crippen molar-refractivity contribution in [2.45, 2.75) is 70.0 Å². The molecular weight excluding hydrogens is 461 g/mol. The Morgan fingerprint density at radius 3 is 2.61 bits per heavy atom. The predicted molar refractivity (Wildman–Crippen MR) is 132 cm³/mol. The molecule has 1 saturated heterocycles. The molecule has 178 valence electrons. The normalized spacial score (nSPS) is 25.7. The van der Waals surface area contributed by atoms with Crippen LogP contribution >= 0.6 is 23.2 Å². The summed E-state index contributed by atoms with van der Waals surface area (Å²) in [5.41, 5.74) is 1.74. The largest absolute Gasteiger partial charge is 0.485 e. The number of benzene rings is 2. The first-order chi connectivity index (χ1) is 15.9. The Hall–Kier alpha value is -1.83. The SMILES string of the molecule is CC(=O)Nc1cc(Cl)ccc1O[C@H]1CC[C@H](NC2CCCCN2Cc2ccc(Cl)cc2)[C@H]1O. The average molecular weight is 492 g/mol. The van der Waals surface area contributed by atoms with Crippen LogP contribution in [0.5, 0.6) is 5.75 Å². The molecule has 2 aliphatic rings. The molecule has 3 N–H and O–H groups in total. The van der Waals surface area contributed by atoms with Gasteiger partial charge in [-0.05, 0) is 74.5 Å². The highest BCUT2D eigenvalue weighted by Gasteiger charge is 2.38. The van der Waals surface area contributed by atoms with E-state index in [1.54, 1.807) is 18.2 Å². The molecule has 33 heavy (non-hydrogen) atoms. The molecule has 0 aromatic heterocycles. The third-order valence-corrected chi connectivity index (χ3v) is 6.89. The van der Waals surface area contributed by atoms with Crippen LogP contribution in [-0.4, -0.2) is 46.9 Å². The van der Waals surface area contributed by atoms with Gasteiger partial charge in [0.25, 0.3) is 0 Å². The Morgan fingerprint density at radius 2 is 1.85 bits per heavy atom. The lowest BCUT2D eigenvalue weighted by Gasteiger charge is -2.38. The van der Waals surface area contributed by atoms with Gasteiger partial charge in [0.05, 0.1) is 11.9 Å². The van der Waals surface area contributed by atoms with Crippen molar-refractivity contribution in [3.8, 4) is 5.75 Å². The monoisotopic (exact) mass is 491 g/mol. The van der Waals surface area contributed by atoms with E-state index in [0.717, 1.165) is 37.4 Å². The van der Waals surface area contributed by atoms with Crippen LogP contribution in [0.15, 0.2) is 42.5 Å². The number of aliphatic hydroxyl groups excluding tert-OH is 1. The maximum absolute atomic E-state index is 11.5. The third kappa shape index (κ3) is 6.40. The summed E-state index contributed by atoms with van der Waals surface area (Å²) in [4.78, 5) is 14.0. The average Bonchev–Trinajstić information content (AvgIpc) is 3.12. The number of hydrogen-bond acceptors (Lipinski definition) is 5. The van der Waals surface area contributed by atoms with Gasteiger partial charge in [-0.25, -0.2) is 0 Å². The molecule has 4 atom stereocenters. The van der Waals surface area contributed by atoms with E-state index in [4.69, 9.17) is 27.9 Å². The summed E-state index contributed by atoms with van der Waals surface area (Å²) in [5.74, 6) is 0.313. The summed E-state index contributed by atoms with van der Waals surface area (Å²) in [6.07, 6.45) is 4.14. The molecule has 2 aromatic carbocycles. The summed E-state index contributed by atoms with van der Waals surface area (Å²) >= 11 is 12.1. The van der Waals surface area contributed by atoms with Crippen molar-refractivity contribution in [1.29, 1.82) is 0 Å². The minimum atomic E-state index is -0.648. The van der Waals surface area contributed by atoms with Gasteiger partial charge in [-0.15, -0.1) is 0 Å². The molecule has 2 aromatic rings. The van der Waals surface area contributed by atoms with E-state index in [-0.39, 0.29) is 24.2 Å². The molecule has 1 aliphatic carbocycles. The van der Waals surface area contributed by atoms with Crippen molar-refractivity contribution < 1.29 is 14.6 Å². The van der Waals surface area contributed by atoms with Gasteiger partial charge in [-0.2, -0.15) is 0 Å². The fraction of sp³-hybridized carbons (Fsp3) is 0.480. The molecule has 0 radical (unpaired) electrons. The number of likely N-dealkylation sites (tertiary alicyclic amines) is 1. The van der Waals surface area contributed by atoms with Gasteiger partial charge in [0, 0.05) is 29.6 Å². The highest BCUT2D eigenvalue weighted by Crippen LogP contribution is 2.33. The van der Waals surface area contributed by atoms with Crippen LogP contribution in [-0.2, 0) is 11.3 Å². The van der Waals surface area contributed by atoms with Crippen LogP contribution in [0, 0.1) is 0 Å². The van der Waals surface area contributed by atoms with Gasteiger partial charge in [-0.3, -0.25) is 15.0 Å². The molecule has 1 saturated carbocycles. The van der Waals surface area contributed by atoms with Crippen molar-refractivity contribution in [2.24, 2.45) is 0 Å². The molecule has 1 aliphatic heterocycles. The van der Waals surface area contributed by atoms with Crippen LogP contribution < -0.4 is 15.4 Å². The lowest BCUT2D eigenvalue weighted by atomic mass is 10.0. The van der Waals surface area contributed by atoms with Crippen molar-refractivity contribution in [1.82, 2.24) is 10.2 Å². The topological polar surface area (TPSA) is 73.8 Å². The number of amides is 1. The van der Waals surface area contributed by atoms with Crippen LogP contribution in [0.2, 0.25) is 10.0 Å². The standard InChI is InChI=1S/C25H31Cl2N3O3/c1-16(31)28-21-14-19(27)9-11-22(21)33-23-12-10-20(25(23)32)29-24-4-2-3-13-30(24)15-17-5-7-18(26)8-6-17/h5-9,11,14,20,23-25,29,32H,2-4,10,12-13,15H2,1H3,(H,28,31)/t20-,23-,24?,25+/m0/s1. The molecule has 4 rings (SSSR count). The Balaban J connectivity index is 1.38. The Kier molecular flexibility index (Phi) is 8.15. The molecular formula is C25H31Cl2N3O3. The van der Waals surface area contributed by atoms with Gasteiger partial charge in [0.2, 0.25) is 5.91 Å². The number of carbonyl (C=O) groups is 1. The summed E-state index contributed by atoms with van der Waals surface area (Å²) in [6.45, 7) is 3.31. The third-order valence-electron chi connectivity index (χ3n) is 6.41. The van der Waals surface area contributed by atoms with Gasteiger partial charge in [0.15, 0.2) is 0 Å². The van der Waals surface area contributed by atoms with Crippen LogP contribution in [0.3, 0.4) is 0 Å². The van der Waals surface area contributed by atoms with Crippen LogP contribution in [0.1, 0.15) is 44.6 Å². The number of hydrogen-bond donors (Lipinski definition) is 3. The Morgan fingerprint density at radius 1 is 1.09 bits per heavy atom. The van der Waals surface area contributed by atoms with E-state index >= 15 is 0 Å². The number of ether oxygens (including phenoxy) is 1. The molecule has 0 bridgehead atoms. The number of rotatable bonds is 7. The second-order valence-electron chi connectivity index (χ2n) is 8.93. The number of piperidine rings is 1. The number of aliphatic hydroxyl groups is 1. The molecule has 0 spiro atoms. The predicted octanol–water partition coefficient (Wildman–Crippen LogP) is 4.82. The fourth-order valence-corrected chi connectivity index (χ4v) is 5.05. The maximum Gasteiger partial charge on any atom is 0.221 e. The van der Waals surface area contributed by atoms with E-state index in [9.17, 15) is 9.90 Å². The quantitative estimate of drug-likeness (QED) is 0.517. The van der Waals surface area contributed by atoms with E-state index in [2.05, 4.69) is 27.7 Å². The lowest BCUT2D eigenvalue weighted by Crippen LogP contribution is -2.54. The zero-order valence-corrected chi connectivity index (χ0v) is 20.3. The summed E-state index contributed by atoms with van der Waals surface area (Å²) in [6, 6.07) is 13.1. The first-order valence-electron chi connectivity index (χ1n) is 11.6. The smallest absolute Gasteiger partial charge is 0.221 e. The molecule has 1 unspecified atom stereocenters. The lowest BCUT2D eigenvalue weighted by molar-refractivity contribution is -0.114. The summed E-state index contributed by atoms with van der Waals surface area (Å²) in [5, 5.41) is 18.7. The van der Waals surface area contributed by atoms with Crippen molar-refractivity contribution in [3.63, 3.8) is 0 Å². The number of anilines is 1. The number of nitrogens with one attached hydrogen (secondary N) is 2. The Bertz CT molecular complexity index is 956. The second kappa shape index (κ2) is 11.1. The van der Waals surface area contributed by atoms with Crippen molar-refractivity contribution >= 4 is 34.8 Å². The molecule has 8 heteroatoms. The summed E-state index contributed by atoms with van der Waals surface area (Å²) in [7, 11) is 0. The first kappa shape index (κ1) is 24.3. The fourth-order valence-electron chi connectivity index (χ4n) is 4.75. The summed E-state index contributed by atoms with van der Waals surface area (Å²) < 4.78 is 6.14. The number of nitrogens with zero attached hydrogens (tertiary/aromatic N) is 1. The maximum atomic E-state index is 11.5. The molecule has 1 heterocycles. The van der Waals surface area contributed by atoms with Gasteiger partial charge >= 0.3 is 0 Å². The van der Waals surface area contributed by atoms with Gasteiger partial charge in [-0.1, -0.05) is 35.3 Å². The van der Waals surface area contributed by atoms with Crippen molar-refractivity contribution in [3.05, 3.63) is 58.1 Å². The van der Waals surface area contributed by atoms with E-state index in [1.165, 1.54) is 25.3 Å². The van der Waals surface area contributed by atoms with Crippen LogP contribution in [0.4, 0.5) is 5.69 Å². The minimum Gasteiger partial charge on any atom is -0.485 e. The van der Waals surface area contributed by atoms with Crippen LogP contribution in [0.25, 0.3) is 0 Å². The van der Waals surface area contributed by atoms with E-state index in [0.29, 0.717) is 16.5 Å². The molecule has 6 nitrogen and oxygen atoms in total. The number of carbonyl (C=O) groups excluding carboxylic acids is 1. The molecule has 2 fully saturated rings. The van der Waals surface area contributed by atoms with Gasteiger partial charge in [0.1, 0.15) is 18.0 Å².